The SMILES string of the molecule is [Ir].[c-]1cc2ccccc2cc1C1CCC2CCCCC2[N-]1.[c-]1ccccc1C1CCCC[N-]1. The molecule has 0 spiro atoms. The fourth-order valence-corrected chi connectivity index (χ4v) is 5.63. The van der Waals surface area contributed by atoms with E-state index in [2.05, 4.69) is 66.0 Å². The number of hydrogen-bond donors (Lipinski definition) is 0. The Morgan fingerprint density at radius 1 is 0.697 bits per heavy atom. The maximum Gasteiger partial charge on any atom is 0 e. The van der Waals surface area contributed by atoms with E-state index in [1.807, 2.05) is 12.1 Å². The van der Waals surface area contributed by atoms with Crippen molar-refractivity contribution < 1.29 is 20.1 Å². The van der Waals surface area contributed by atoms with E-state index in [0.29, 0.717) is 18.1 Å². The van der Waals surface area contributed by atoms with E-state index >= 15 is 0 Å². The third-order valence-electron chi connectivity index (χ3n) is 7.44. The van der Waals surface area contributed by atoms with Crippen LogP contribution in [0.2, 0.25) is 0 Å². The first-order valence-electron chi connectivity index (χ1n) is 12.6. The van der Waals surface area contributed by atoms with Crippen LogP contribution in [0.3, 0.4) is 0 Å². The number of nitrogens with zero attached hydrogens (tertiary/aromatic N) is 2. The molecular weight excluding hydrogens is 581 g/mol. The maximum atomic E-state index is 5.15. The molecule has 2 heterocycles. The Bertz CT molecular complexity index is 983. The molecule has 0 N–H and O–H groups in total. The second-order valence-electron chi connectivity index (χ2n) is 9.61. The predicted octanol–water partition coefficient (Wildman–Crippen LogP) is 8.49. The van der Waals surface area contributed by atoms with E-state index in [0.717, 1.165) is 12.5 Å². The fraction of sp³-hybridized carbons (Fsp3) is 0.467. The van der Waals surface area contributed by atoms with Gasteiger partial charge in [0.2, 0.25) is 0 Å². The minimum Gasteiger partial charge on any atom is -0.657 e. The van der Waals surface area contributed by atoms with Crippen LogP contribution in [0.4, 0.5) is 0 Å². The molecule has 1 aliphatic carbocycles. The zero-order valence-electron chi connectivity index (χ0n) is 19.4. The number of benzene rings is 3. The molecule has 0 bridgehead atoms. The van der Waals surface area contributed by atoms with E-state index < -0.39 is 0 Å². The number of fused-ring (bicyclic) bond motifs is 2. The second-order valence-corrected chi connectivity index (χ2v) is 9.61. The number of rotatable bonds is 2. The van der Waals surface area contributed by atoms with Crippen LogP contribution in [0.5, 0.6) is 0 Å². The van der Waals surface area contributed by atoms with Gasteiger partial charge in [0.25, 0.3) is 0 Å². The zero-order valence-corrected chi connectivity index (χ0v) is 21.8. The van der Waals surface area contributed by atoms with Crippen molar-refractivity contribution >= 4 is 10.8 Å². The van der Waals surface area contributed by atoms with Gasteiger partial charge in [-0.2, -0.15) is 59.7 Å². The van der Waals surface area contributed by atoms with Gasteiger partial charge >= 0.3 is 0 Å². The zero-order chi connectivity index (χ0) is 21.6. The summed E-state index contributed by atoms with van der Waals surface area (Å²) in [7, 11) is 0. The molecule has 6 rings (SSSR count). The van der Waals surface area contributed by atoms with Crippen LogP contribution in [-0.2, 0) is 20.1 Å². The van der Waals surface area contributed by atoms with Crippen molar-refractivity contribution in [2.45, 2.75) is 75.9 Å². The Hall–Kier alpha value is -1.51. The summed E-state index contributed by atoms with van der Waals surface area (Å²) >= 11 is 0. The maximum absolute atomic E-state index is 5.15. The average Bonchev–Trinajstić information content (AvgIpc) is 2.89. The van der Waals surface area contributed by atoms with Crippen LogP contribution in [0, 0.1) is 18.1 Å². The second kappa shape index (κ2) is 12.3. The van der Waals surface area contributed by atoms with Gasteiger partial charge in [0.1, 0.15) is 0 Å². The Morgan fingerprint density at radius 3 is 2.33 bits per heavy atom. The van der Waals surface area contributed by atoms with Gasteiger partial charge < -0.3 is 10.6 Å². The molecule has 33 heavy (non-hydrogen) atoms. The standard InChI is InChI=1S/C19H21N.C11H13N.Ir/c1-2-7-16-13-17(10-9-14(16)5-1)19-12-11-15-6-3-4-8-18(15)20-19;1-2-6-10(7-3-1)11-8-4-5-9-12-11;/h1-2,5,7,9,13,15,18-19H,3-4,6,8,11-12H2;1-3,6,11H,4-5,8-9H2;/q2*-2;. The van der Waals surface area contributed by atoms with Gasteiger partial charge in [-0.25, -0.2) is 0 Å². The van der Waals surface area contributed by atoms with Gasteiger partial charge in [0, 0.05) is 20.1 Å². The minimum absolute atomic E-state index is 0. The van der Waals surface area contributed by atoms with Gasteiger partial charge in [-0.15, -0.1) is 41.5 Å². The first-order valence-corrected chi connectivity index (χ1v) is 12.6. The average molecular weight is 615 g/mol. The van der Waals surface area contributed by atoms with Crippen molar-refractivity contribution in [2.75, 3.05) is 6.54 Å². The Labute approximate surface area is 213 Å². The van der Waals surface area contributed by atoms with Crippen molar-refractivity contribution in [3.63, 3.8) is 0 Å². The summed E-state index contributed by atoms with van der Waals surface area (Å²) in [5, 5.41) is 12.3. The Balaban J connectivity index is 0.000000172. The van der Waals surface area contributed by atoms with E-state index in [-0.39, 0.29) is 20.1 Å². The van der Waals surface area contributed by atoms with Crippen LogP contribution in [0.15, 0.2) is 60.7 Å². The number of piperidine rings is 2. The summed E-state index contributed by atoms with van der Waals surface area (Å²) in [6.45, 7) is 1.04. The van der Waals surface area contributed by atoms with Crippen molar-refractivity contribution in [3.8, 4) is 0 Å². The van der Waals surface area contributed by atoms with Gasteiger partial charge in [0.15, 0.2) is 0 Å². The molecule has 2 saturated heterocycles. The summed E-state index contributed by atoms with van der Waals surface area (Å²) < 4.78 is 0. The fourth-order valence-electron chi connectivity index (χ4n) is 5.63. The van der Waals surface area contributed by atoms with E-state index in [9.17, 15) is 0 Å². The van der Waals surface area contributed by atoms with Gasteiger partial charge in [-0.1, -0.05) is 81.9 Å². The van der Waals surface area contributed by atoms with E-state index in [4.69, 9.17) is 5.32 Å². The minimum atomic E-state index is 0. The molecule has 1 saturated carbocycles. The summed E-state index contributed by atoms with van der Waals surface area (Å²) in [4.78, 5) is 0. The molecule has 3 aromatic carbocycles. The molecule has 4 atom stereocenters. The molecule has 177 valence electrons. The number of hydrogen-bond acceptors (Lipinski definition) is 0. The smallest absolute Gasteiger partial charge is 0 e. The first-order chi connectivity index (χ1) is 15.9. The molecule has 2 aliphatic heterocycles. The Morgan fingerprint density at radius 2 is 1.52 bits per heavy atom. The molecule has 3 heteroatoms. The molecule has 1 radical (unpaired) electrons. The summed E-state index contributed by atoms with van der Waals surface area (Å²) in [5.41, 5.74) is 2.56. The van der Waals surface area contributed by atoms with Crippen LogP contribution in [-0.4, -0.2) is 12.6 Å². The molecule has 2 nitrogen and oxygen atoms in total. The first kappa shape index (κ1) is 24.6. The van der Waals surface area contributed by atoms with Gasteiger partial charge in [0.05, 0.1) is 0 Å². The van der Waals surface area contributed by atoms with E-state index in [1.165, 1.54) is 79.7 Å². The molecule has 4 unspecified atom stereocenters. The van der Waals surface area contributed by atoms with Crippen molar-refractivity contribution in [2.24, 2.45) is 5.92 Å². The molecular formula is C30H34IrN2-4. The van der Waals surface area contributed by atoms with Crippen LogP contribution in [0.1, 0.15) is 81.0 Å². The molecule has 3 fully saturated rings. The third-order valence-corrected chi connectivity index (χ3v) is 7.44. The third kappa shape index (κ3) is 6.34. The van der Waals surface area contributed by atoms with Crippen molar-refractivity contribution in [1.29, 1.82) is 0 Å². The molecule has 0 aromatic heterocycles. The summed E-state index contributed by atoms with van der Waals surface area (Å²) in [5.74, 6) is 0.875. The van der Waals surface area contributed by atoms with Crippen LogP contribution >= 0.6 is 0 Å². The van der Waals surface area contributed by atoms with Gasteiger partial charge in [-0.3, -0.25) is 0 Å². The molecule has 3 aliphatic rings. The monoisotopic (exact) mass is 615 g/mol. The topological polar surface area (TPSA) is 28.2 Å². The normalized spacial score (nSPS) is 26.9. The van der Waals surface area contributed by atoms with Crippen LogP contribution < -0.4 is 0 Å². The quantitative estimate of drug-likeness (QED) is 0.259. The largest absolute Gasteiger partial charge is 0.657 e. The summed E-state index contributed by atoms with van der Waals surface area (Å²) in [6.07, 6.45) is 11.9. The van der Waals surface area contributed by atoms with Crippen molar-refractivity contribution in [3.05, 3.63) is 94.6 Å². The van der Waals surface area contributed by atoms with Gasteiger partial charge in [-0.05, 0) is 0 Å². The predicted molar refractivity (Wildman–Crippen MR) is 134 cm³/mol. The molecule has 3 aromatic rings. The summed E-state index contributed by atoms with van der Waals surface area (Å²) in [6, 6.07) is 29.3. The Kier molecular flexibility index (Phi) is 9.15. The van der Waals surface area contributed by atoms with Crippen molar-refractivity contribution in [1.82, 2.24) is 0 Å². The van der Waals surface area contributed by atoms with Crippen LogP contribution in [0.25, 0.3) is 21.4 Å². The molecule has 0 amide bonds. The van der Waals surface area contributed by atoms with E-state index in [1.54, 1.807) is 0 Å².